The lowest BCUT2D eigenvalue weighted by molar-refractivity contribution is -0.136. The molecular weight excluding hydrogens is 328 g/mol. The van der Waals surface area contributed by atoms with Crippen LogP contribution in [-0.4, -0.2) is 27.5 Å². The van der Waals surface area contributed by atoms with Crippen molar-refractivity contribution in [3.63, 3.8) is 0 Å². The lowest BCUT2D eigenvalue weighted by Gasteiger charge is -2.15. The van der Waals surface area contributed by atoms with Gasteiger partial charge >= 0.3 is 5.97 Å². The molecular formula is C21H24N2O3. The zero-order chi connectivity index (χ0) is 18.7. The van der Waals surface area contributed by atoms with Gasteiger partial charge in [0.1, 0.15) is 5.75 Å². The number of aryl methyl sites for hydroxylation is 2. The fourth-order valence-electron chi connectivity index (χ4n) is 2.92. The van der Waals surface area contributed by atoms with Crippen molar-refractivity contribution in [2.45, 2.75) is 26.7 Å². The number of nitrogens with zero attached hydrogens (tertiary/aromatic N) is 2. The molecule has 5 nitrogen and oxygen atoms in total. The summed E-state index contributed by atoms with van der Waals surface area (Å²) in [5.41, 5.74) is 4.09. The van der Waals surface area contributed by atoms with E-state index in [2.05, 4.69) is 31.1 Å². The molecule has 0 aliphatic heterocycles. The van der Waals surface area contributed by atoms with Crippen molar-refractivity contribution in [3.8, 4) is 16.9 Å². The lowest BCUT2D eigenvalue weighted by atomic mass is 9.98. The summed E-state index contributed by atoms with van der Waals surface area (Å²) < 4.78 is 7.86. The molecule has 0 aliphatic rings. The fraction of sp³-hybridized carbons (Fsp3) is 0.333. The Bertz CT molecular complexity index is 928. The number of aromatic nitrogens is 2. The zero-order valence-corrected chi connectivity index (χ0v) is 15.4. The van der Waals surface area contributed by atoms with Crippen molar-refractivity contribution in [3.05, 3.63) is 48.2 Å². The number of benzene rings is 2. The SMILES string of the molecule is CC(C)COc1ccc(CCC(=O)O)cc1-c1ccc2c(cnn2C)c1. The number of ether oxygens (including phenoxy) is 1. The van der Waals surface area contributed by atoms with E-state index in [-0.39, 0.29) is 6.42 Å². The van der Waals surface area contributed by atoms with Gasteiger partial charge in [-0.1, -0.05) is 26.0 Å². The monoisotopic (exact) mass is 352 g/mol. The molecule has 2 aromatic carbocycles. The molecule has 3 aromatic rings. The van der Waals surface area contributed by atoms with Crippen LogP contribution in [0.15, 0.2) is 42.6 Å². The molecule has 26 heavy (non-hydrogen) atoms. The average Bonchev–Trinajstić information content (AvgIpc) is 2.99. The minimum absolute atomic E-state index is 0.118. The Morgan fingerprint density at radius 3 is 2.77 bits per heavy atom. The number of rotatable bonds is 7. The Hall–Kier alpha value is -2.82. The second-order valence-electron chi connectivity index (χ2n) is 6.97. The van der Waals surface area contributed by atoms with E-state index in [9.17, 15) is 4.79 Å². The number of carboxylic acids is 1. The Morgan fingerprint density at radius 2 is 2.04 bits per heavy atom. The maximum Gasteiger partial charge on any atom is 0.303 e. The van der Waals surface area contributed by atoms with Crippen LogP contribution in [0, 0.1) is 5.92 Å². The molecule has 0 aliphatic carbocycles. The number of carbonyl (C=O) groups is 1. The molecule has 0 bridgehead atoms. The maximum absolute atomic E-state index is 10.9. The van der Waals surface area contributed by atoms with E-state index in [0.29, 0.717) is 18.9 Å². The second kappa shape index (κ2) is 7.60. The predicted octanol–water partition coefficient (Wildman–Crippen LogP) is 4.29. The third-order valence-electron chi connectivity index (χ3n) is 4.30. The molecule has 3 rings (SSSR count). The maximum atomic E-state index is 10.9. The van der Waals surface area contributed by atoms with Gasteiger partial charge in [0.2, 0.25) is 0 Å². The van der Waals surface area contributed by atoms with E-state index in [4.69, 9.17) is 9.84 Å². The summed E-state index contributed by atoms with van der Waals surface area (Å²) in [6, 6.07) is 12.1. The van der Waals surface area contributed by atoms with Crippen molar-refractivity contribution >= 4 is 16.9 Å². The van der Waals surface area contributed by atoms with Gasteiger partial charge in [-0.15, -0.1) is 0 Å². The highest BCUT2D eigenvalue weighted by Crippen LogP contribution is 2.33. The molecule has 136 valence electrons. The Labute approximate surface area is 153 Å². The lowest BCUT2D eigenvalue weighted by Crippen LogP contribution is -2.06. The highest BCUT2D eigenvalue weighted by atomic mass is 16.5. The summed E-state index contributed by atoms with van der Waals surface area (Å²) in [5.74, 6) is 0.458. The first-order valence-corrected chi connectivity index (χ1v) is 8.83. The molecule has 1 aromatic heterocycles. The summed E-state index contributed by atoms with van der Waals surface area (Å²) in [4.78, 5) is 10.9. The van der Waals surface area contributed by atoms with Gasteiger partial charge in [-0.05, 0) is 47.7 Å². The molecule has 0 atom stereocenters. The van der Waals surface area contributed by atoms with Crippen molar-refractivity contribution in [1.82, 2.24) is 9.78 Å². The van der Waals surface area contributed by atoms with Gasteiger partial charge < -0.3 is 9.84 Å². The Morgan fingerprint density at radius 1 is 1.23 bits per heavy atom. The first kappa shape index (κ1) is 18.0. The van der Waals surface area contributed by atoms with E-state index in [0.717, 1.165) is 33.3 Å². The van der Waals surface area contributed by atoms with Crippen molar-refractivity contribution < 1.29 is 14.6 Å². The summed E-state index contributed by atoms with van der Waals surface area (Å²) in [5, 5.41) is 14.3. The van der Waals surface area contributed by atoms with Crippen LogP contribution in [0.1, 0.15) is 25.8 Å². The smallest absolute Gasteiger partial charge is 0.303 e. The minimum Gasteiger partial charge on any atom is -0.493 e. The van der Waals surface area contributed by atoms with Crippen molar-refractivity contribution in [2.24, 2.45) is 13.0 Å². The Balaban J connectivity index is 2.01. The molecule has 0 saturated carbocycles. The van der Waals surface area contributed by atoms with Crippen LogP contribution < -0.4 is 4.74 Å². The molecule has 5 heteroatoms. The van der Waals surface area contributed by atoms with Gasteiger partial charge in [-0.25, -0.2) is 0 Å². The first-order chi connectivity index (χ1) is 12.4. The fourth-order valence-corrected chi connectivity index (χ4v) is 2.92. The van der Waals surface area contributed by atoms with Gasteiger partial charge in [0.15, 0.2) is 0 Å². The number of fused-ring (bicyclic) bond motifs is 1. The molecule has 1 heterocycles. The standard InChI is InChI=1S/C21H24N2O3/c1-14(2)13-26-20-8-4-15(5-9-21(24)25)10-18(20)16-6-7-19-17(11-16)12-22-23(19)3/h4,6-8,10-12,14H,5,9,13H2,1-3H3,(H,24,25). The van der Waals surface area contributed by atoms with Gasteiger partial charge in [0, 0.05) is 24.4 Å². The van der Waals surface area contributed by atoms with Crippen LogP contribution in [0.5, 0.6) is 5.75 Å². The van der Waals surface area contributed by atoms with Gasteiger partial charge in [0.25, 0.3) is 0 Å². The zero-order valence-electron chi connectivity index (χ0n) is 15.4. The quantitative estimate of drug-likeness (QED) is 0.689. The largest absolute Gasteiger partial charge is 0.493 e. The summed E-state index contributed by atoms with van der Waals surface area (Å²) in [6.07, 6.45) is 2.47. The first-order valence-electron chi connectivity index (χ1n) is 8.83. The molecule has 0 amide bonds. The molecule has 0 saturated heterocycles. The van der Waals surface area contributed by atoms with Crippen molar-refractivity contribution in [1.29, 1.82) is 0 Å². The highest BCUT2D eigenvalue weighted by molar-refractivity contribution is 5.86. The van der Waals surface area contributed by atoms with Crippen LogP contribution in [0.4, 0.5) is 0 Å². The average molecular weight is 352 g/mol. The third kappa shape index (κ3) is 4.04. The van der Waals surface area contributed by atoms with E-state index in [1.807, 2.05) is 42.2 Å². The summed E-state index contributed by atoms with van der Waals surface area (Å²) in [7, 11) is 1.92. The third-order valence-corrected chi connectivity index (χ3v) is 4.30. The van der Waals surface area contributed by atoms with E-state index >= 15 is 0 Å². The van der Waals surface area contributed by atoms with E-state index in [1.54, 1.807) is 0 Å². The van der Waals surface area contributed by atoms with E-state index < -0.39 is 5.97 Å². The van der Waals surface area contributed by atoms with Crippen LogP contribution in [0.2, 0.25) is 0 Å². The molecule has 0 radical (unpaired) electrons. The van der Waals surface area contributed by atoms with Crippen molar-refractivity contribution in [2.75, 3.05) is 6.61 Å². The van der Waals surface area contributed by atoms with Crippen LogP contribution in [0.25, 0.3) is 22.0 Å². The predicted molar refractivity (Wildman–Crippen MR) is 102 cm³/mol. The van der Waals surface area contributed by atoms with Gasteiger partial charge in [-0.3, -0.25) is 9.48 Å². The molecule has 0 unspecified atom stereocenters. The van der Waals surface area contributed by atoms with Crippen LogP contribution in [-0.2, 0) is 18.3 Å². The minimum atomic E-state index is -0.788. The summed E-state index contributed by atoms with van der Waals surface area (Å²) in [6.45, 7) is 4.86. The van der Waals surface area contributed by atoms with Gasteiger partial charge in [0.05, 0.1) is 18.3 Å². The number of hydrogen-bond donors (Lipinski definition) is 1. The number of aliphatic carboxylic acids is 1. The highest BCUT2D eigenvalue weighted by Gasteiger charge is 2.11. The second-order valence-corrected chi connectivity index (χ2v) is 6.97. The normalized spacial score (nSPS) is 11.2. The molecule has 0 fully saturated rings. The molecule has 0 spiro atoms. The van der Waals surface area contributed by atoms with Crippen LogP contribution >= 0.6 is 0 Å². The Kier molecular flexibility index (Phi) is 5.26. The van der Waals surface area contributed by atoms with Crippen LogP contribution in [0.3, 0.4) is 0 Å². The van der Waals surface area contributed by atoms with Gasteiger partial charge in [-0.2, -0.15) is 5.10 Å². The number of carboxylic acid groups (broad SMARTS) is 1. The summed E-state index contributed by atoms with van der Waals surface area (Å²) >= 11 is 0. The van der Waals surface area contributed by atoms with E-state index in [1.165, 1.54) is 0 Å². The number of hydrogen-bond acceptors (Lipinski definition) is 3. The topological polar surface area (TPSA) is 64.3 Å². The molecule has 1 N–H and O–H groups in total.